The van der Waals surface area contributed by atoms with Crippen LogP contribution in [0.25, 0.3) is 0 Å². The number of aromatic nitrogens is 1. The Morgan fingerprint density at radius 3 is 2.88 bits per heavy atom. The third-order valence-corrected chi connectivity index (χ3v) is 5.59. The smallest absolute Gasteiger partial charge is 0.262 e. The fourth-order valence-corrected chi connectivity index (χ4v) is 4.05. The van der Waals surface area contributed by atoms with Gasteiger partial charge in [0.1, 0.15) is 5.69 Å². The number of amides is 1. The van der Waals surface area contributed by atoms with Crippen molar-refractivity contribution in [3.63, 3.8) is 0 Å². The minimum absolute atomic E-state index is 0.0332. The molecule has 1 heterocycles. The van der Waals surface area contributed by atoms with Crippen molar-refractivity contribution < 1.29 is 14.0 Å². The molecule has 1 aromatic carbocycles. The average Bonchev–Trinajstić information content (AvgIpc) is 3.37. The highest BCUT2D eigenvalue weighted by molar-refractivity contribution is 6.35. The number of ketones is 1. The molecule has 1 N–H and O–H groups in total. The summed E-state index contributed by atoms with van der Waals surface area (Å²) in [5.74, 6) is -0.929. The van der Waals surface area contributed by atoms with Gasteiger partial charge in [-0.05, 0) is 30.2 Å². The van der Waals surface area contributed by atoms with Crippen molar-refractivity contribution in [2.45, 2.75) is 36.9 Å². The monoisotopic (exact) mass is 392 g/mol. The first-order valence-corrected chi connectivity index (χ1v) is 9.09. The van der Waals surface area contributed by atoms with Crippen LogP contribution in [0.2, 0.25) is 10.0 Å². The summed E-state index contributed by atoms with van der Waals surface area (Å²) in [5, 5.41) is 3.84. The second kappa shape index (κ2) is 6.32. The molecule has 1 fully saturated rings. The molecule has 1 amide bonds. The van der Waals surface area contributed by atoms with Gasteiger partial charge in [-0.1, -0.05) is 35.3 Å². The molecule has 0 aliphatic heterocycles. The molecule has 0 spiro atoms. The van der Waals surface area contributed by atoms with E-state index in [1.54, 1.807) is 12.1 Å². The van der Waals surface area contributed by atoms with Gasteiger partial charge in [0.05, 0.1) is 0 Å². The Bertz CT molecular complexity index is 920. The number of rotatable bonds is 3. The number of carbonyl (C=O) groups is 2. The maximum atomic E-state index is 15.5. The molecule has 7 heteroatoms. The molecule has 1 aromatic heterocycles. The number of pyridine rings is 1. The highest BCUT2D eigenvalue weighted by Crippen LogP contribution is 2.46. The van der Waals surface area contributed by atoms with E-state index in [4.69, 9.17) is 23.2 Å². The molecular formula is C19H15Cl2FN2O2. The van der Waals surface area contributed by atoms with Crippen LogP contribution in [0.15, 0.2) is 36.5 Å². The van der Waals surface area contributed by atoms with E-state index in [-0.39, 0.29) is 41.8 Å². The summed E-state index contributed by atoms with van der Waals surface area (Å²) in [7, 11) is 0. The summed E-state index contributed by atoms with van der Waals surface area (Å²) in [6, 6.07) is 8.02. The van der Waals surface area contributed by atoms with Crippen molar-refractivity contribution in [3.8, 4) is 0 Å². The standard InChI is InChI=1S/C19H15Cl2FN2O2/c20-10-3-4-11(14(21)8-10)12-9-15(12)24-18(26)19(22)6-5-16(25)17-13(19)2-1-7-23-17/h1-4,7-8,12,15H,5-6,9H2,(H,24,26)/t12-,15+,19-/m0/s1. The van der Waals surface area contributed by atoms with Crippen LogP contribution < -0.4 is 5.32 Å². The van der Waals surface area contributed by atoms with E-state index in [9.17, 15) is 9.59 Å². The summed E-state index contributed by atoms with van der Waals surface area (Å²) in [5.41, 5.74) is -1.26. The van der Waals surface area contributed by atoms with Crippen molar-refractivity contribution in [1.29, 1.82) is 0 Å². The Balaban J connectivity index is 1.53. The highest BCUT2D eigenvalue weighted by atomic mass is 35.5. The second-order valence-electron chi connectivity index (χ2n) is 6.71. The number of hydrogen-bond donors (Lipinski definition) is 1. The van der Waals surface area contributed by atoms with Gasteiger partial charge in [-0.2, -0.15) is 0 Å². The Morgan fingerprint density at radius 2 is 2.12 bits per heavy atom. The number of nitrogens with zero attached hydrogens (tertiary/aromatic N) is 1. The molecular weight excluding hydrogens is 378 g/mol. The average molecular weight is 393 g/mol. The van der Waals surface area contributed by atoms with E-state index >= 15 is 4.39 Å². The molecule has 0 radical (unpaired) electrons. The van der Waals surface area contributed by atoms with Crippen molar-refractivity contribution in [3.05, 3.63) is 63.4 Å². The molecule has 1 saturated carbocycles. The molecule has 2 aliphatic carbocycles. The van der Waals surface area contributed by atoms with Crippen molar-refractivity contribution >= 4 is 34.9 Å². The van der Waals surface area contributed by atoms with Crippen LogP contribution >= 0.6 is 23.2 Å². The first kappa shape index (κ1) is 17.4. The summed E-state index contributed by atoms with van der Waals surface area (Å²) in [6.07, 6.45) is 1.91. The maximum Gasteiger partial charge on any atom is 0.262 e. The predicted octanol–water partition coefficient (Wildman–Crippen LogP) is 4.20. The largest absolute Gasteiger partial charge is 0.350 e. The van der Waals surface area contributed by atoms with Gasteiger partial charge < -0.3 is 5.32 Å². The molecule has 0 bridgehead atoms. The number of halogens is 3. The van der Waals surface area contributed by atoms with Crippen LogP contribution in [-0.4, -0.2) is 22.7 Å². The van der Waals surface area contributed by atoms with E-state index in [2.05, 4.69) is 10.3 Å². The van der Waals surface area contributed by atoms with Gasteiger partial charge in [0.25, 0.3) is 5.91 Å². The van der Waals surface area contributed by atoms with Crippen molar-refractivity contribution in [2.75, 3.05) is 0 Å². The molecule has 0 unspecified atom stereocenters. The van der Waals surface area contributed by atoms with Gasteiger partial charge in [0.15, 0.2) is 5.78 Å². The first-order chi connectivity index (χ1) is 12.4. The summed E-state index contributed by atoms with van der Waals surface area (Å²) in [4.78, 5) is 28.6. The summed E-state index contributed by atoms with van der Waals surface area (Å²) < 4.78 is 15.5. The van der Waals surface area contributed by atoms with E-state index in [1.807, 2.05) is 6.07 Å². The van der Waals surface area contributed by atoms with Crippen LogP contribution in [-0.2, 0) is 10.5 Å². The Kier molecular flexibility index (Phi) is 4.24. The molecule has 2 aliphatic rings. The third kappa shape index (κ3) is 2.89. The highest BCUT2D eigenvalue weighted by Gasteiger charge is 2.50. The number of Topliss-reactive ketones (excluding diaryl/α,β-unsaturated/α-hetero) is 1. The van der Waals surface area contributed by atoms with Crippen LogP contribution in [0.1, 0.15) is 46.8 Å². The Hall–Kier alpha value is -1.98. The van der Waals surface area contributed by atoms with E-state index in [0.29, 0.717) is 16.5 Å². The van der Waals surface area contributed by atoms with Gasteiger partial charge in [-0.3, -0.25) is 14.6 Å². The number of carbonyl (C=O) groups excluding carboxylic acids is 2. The summed E-state index contributed by atoms with van der Waals surface area (Å²) >= 11 is 12.1. The molecule has 3 atom stereocenters. The lowest BCUT2D eigenvalue weighted by Gasteiger charge is -2.29. The molecule has 26 heavy (non-hydrogen) atoms. The lowest BCUT2D eigenvalue weighted by atomic mass is 9.81. The molecule has 0 saturated heterocycles. The van der Waals surface area contributed by atoms with Crippen LogP contribution in [0.3, 0.4) is 0 Å². The molecule has 134 valence electrons. The number of benzene rings is 1. The Morgan fingerprint density at radius 1 is 1.31 bits per heavy atom. The van der Waals surface area contributed by atoms with E-state index in [0.717, 1.165) is 5.56 Å². The lowest BCUT2D eigenvalue weighted by Crippen LogP contribution is -2.45. The topological polar surface area (TPSA) is 59.1 Å². The fraction of sp³-hybridized carbons (Fsp3) is 0.316. The van der Waals surface area contributed by atoms with E-state index in [1.165, 1.54) is 18.3 Å². The lowest BCUT2D eigenvalue weighted by molar-refractivity contribution is -0.134. The third-order valence-electron chi connectivity index (χ3n) is 5.02. The van der Waals surface area contributed by atoms with Crippen LogP contribution in [0.5, 0.6) is 0 Å². The van der Waals surface area contributed by atoms with Crippen molar-refractivity contribution in [2.24, 2.45) is 0 Å². The number of fused-ring (bicyclic) bond motifs is 1. The quantitative estimate of drug-likeness (QED) is 0.850. The van der Waals surface area contributed by atoms with Gasteiger partial charge in [-0.25, -0.2) is 4.39 Å². The number of alkyl halides is 1. The zero-order valence-electron chi connectivity index (χ0n) is 13.6. The SMILES string of the molecule is O=C1CC[C@@](F)(C(=O)N[C@@H]2C[C@H]2c2ccc(Cl)cc2Cl)c2cccnc21. The summed E-state index contributed by atoms with van der Waals surface area (Å²) in [6.45, 7) is 0. The minimum atomic E-state index is -2.24. The van der Waals surface area contributed by atoms with Gasteiger partial charge in [-0.15, -0.1) is 0 Å². The molecule has 4 nitrogen and oxygen atoms in total. The zero-order valence-corrected chi connectivity index (χ0v) is 15.1. The minimum Gasteiger partial charge on any atom is -0.350 e. The van der Waals surface area contributed by atoms with E-state index < -0.39 is 11.6 Å². The van der Waals surface area contributed by atoms with Crippen LogP contribution in [0.4, 0.5) is 4.39 Å². The van der Waals surface area contributed by atoms with Crippen LogP contribution in [0, 0.1) is 0 Å². The predicted molar refractivity (Wildman–Crippen MR) is 96.3 cm³/mol. The van der Waals surface area contributed by atoms with Gasteiger partial charge in [0.2, 0.25) is 5.67 Å². The second-order valence-corrected chi connectivity index (χ2v) is 7.56. The maximum absolute atomic E-state index is 15.5. The van der Waals surface area contributed by atoms with Gasteiger partial charge in [0, 0.05) is 46.6 Å². The molecule has 4 rings (SSSR count). The first-order valence-electron chi connectivity index (χ1n) is 8.33. The number of nitrogens with one attached hydrogen (secondary N) is 1. The Labute approximate surface area is 159 Å². The molecule has 2 aromatic rings. The van der Waals surface area contributed by atoms with Crippen molar-refractivity contribution in [1.82, 2.24) is 10.3 Å². The zero-order chi connectivity index (χ0) is 18.5. The fourth-order valence-electron chi connectivity index (χ4n) is 3.51. The number of hydrogen-bond acceptors (Lipinski definition) is 3. The van der Waals surface area contributed by atoms with Gasteiger partial charge >= 0.3 is 0 Å². The normalized spacial score (nSPS) is 27.0.